The maximum atomic E-state index is 5.45. The van der Waals surface area contributed by atoms with Crippen molar-refractivity contribution in [2.45, 2.75) is 31.8 Å². The van der Waals surface area contributed by atoms with Crippen LogP contribution in [0.15, 0.2) is 0 Å². The predicted octanol–water partition coefficient (Wildman–Crippen LogP) is 0.342. The molecule has 13 heavy (non-hydrogen) atoms. The molecule has 0 fully saturated rings. The molecule has 0 bridgehead atoms. The Hall–Kier alpha value is -0.200. The monoisotopic (exact) mass is 192 g/mol. The Bertz CT molecular complexity index is 114. The van der Waals surface area contributed by atoms with E-state index in [1.807, 2.05) is 6.92 Å². The van der Waals surface area contributed by atoms with Crippen LogP contribution in [-0.4, -0.2) is 25.8 Å². The molecule has 1 unspecified atom stereocenters. The molecule has 4 N–H and O–H groups in total. The van der Waals surface area contributed by atoms with E-state index in [1.165, 1.54) is 7.11 Å². The van der Waals surface area contributed by atoms with E-state index in [4.69, 9.17) is 16.4 Å². The Labute approximate surface area is 79.2 Å². The minimum Gasteiger partial charge on any atom is -0.330 e. The summed E-state index contributed by atoms with van der Waals surface area (Å²) in [5.41, 5.74) is 10.5. The highest BCUT2D eigenvalue weighted by molar-refractivity contribution is 4.74. The molecule has 5 heteroatoms. The fourth-order valence-electron chi connectivity index (χ4n) is 1.11. The zero-order valence-corrected chi connectivity index (χ0v) is 8.41. The lowest BCUT2D eigenvalue weighted by atomic mass is 9.96. The van der Waals surface area contributed by atoms with Crippen LogP contribution < -0.4 is 11.5 Å². The lowest BCUT2D eigenvalue weighted by Crippen LogP contribution is -2.32. The van der Waals surface area contributed by atoms with Gasteiger partial charge in [0.05, 0.1) is 7.11 Å². The lowest BCUT2D eigenvalue weighted by molar-refractivity contribution is -0.534. The van der Waals surface area contributed by atoms with Crippen LogP contribution in [0.5, 0.6) is 0 Å². The molecule has 0 radical (unpaired) electrons. The zero-order valence-electron chi connectivity index (χ0n) is 8.41. The summed E-state index contributed by atoms with van der Waals surface area (Å²) in [5.74, 6) is 0. The van der Waals surface area contributed by atoms with E-state index in [2.05, 4.69) is 9.93 Å². The fraction of sp³-hybridized carbons (Fsp3) is 1.00. The first kappa shape index (κ1) is 12.8. The SMILES string of the molecule is COOOC(C)(CCN)CCCN. The highest BCUT2D eigenvalue weighted by Gasteiger charge is 2.25. The second kappa shape index (κ2) is 7.23. The Morgan fingerprint density at radius 1 is 1.15 bits per heavy atom. The van der Waals surface area contributed by atoms with Gasteiger partial charge in [-0.2, -0.15) is 4.89 Å². The molecule has 0 saturated heterocycles. The van der Waals surface area contributed by atoms with Gasteiger partial charge < -0.3 is 11.5 Å². The maximum Gasteiger partial charge on any atom is 0.105 e. The van der Waals surface area contributed by atoms with Crippen LogP contribution in [0, 0.1) is 0 Å². The van der Waals surface area contributed by atoms with Gasteiger partial charge in [-0.15, -0.1) is 0 Å². The standard InChI is InChI=1S/C8H20N2O3/c1-8(5-7-10,4-3-6-9)12-13-11-2/h3-7,9-10H2,1-2H3. The Balaban J connectivity index is 3.84. The van der Waals surface area contributed by atoms with Gasteiger partial charge >= 0.3 is 0 Å². The molecule has 0 aliphatic rings. The normalized spacial score (nSPS) is 15.7. The van der Waals surface area contributed by atoms with Crippen LogP contribution in [0.2, 0.25) is 0 Å². The van der Waals surface area contributed by atoms with E-state index in [9.17, 15) is 0 Å². The van der Waals surface area contributed by atoms with E-state index in [0.717, 1.165) is 19.3 Å². The van der Waals surface area contributed by atoms with Crippen molar-refractivity contribution in [3.05, 3.63) is 0 Å². The van der Waals surface area contributed by atoms with Crippen molar-refractivity contribution in [1.82, 2.24) is 0 Å². The van der Waals surface area contributed by atoms with E-state index in [1.54, 1.807) is 0 Å². The number of hydrogen-bond donors (Lipinski definition) is 2. The zero-order chi connectivity index (χ0) is 10.2. The number of rotatable bonds is 8. The van der Waals surface area contributed by atoms with Gasteiger partial charge in [-0.1, -0.05) is 5.04 Å². The second-order valence-corrected chi connectivity index (χ2v) is 3.20. The summed E-state index contributed by atoms with van der Waals surface area (Å²) in [4.78, 5) is 9.43. The van der Waals surface area contributed by atoms with Crippen LogP contribution in [0.3, 0.4) is 0 Å². The molecule has 0 aromatic carbocycles. The molecule has 0 spiro atoms. The van der Waals surface area contributed by atoms with E-state index >= 15 is 0 Å². The van der Waals surface area contributed by atoms with Crippen molar-refractivity contribution in [1.29, 1.82) is 0 Å². The summed E-state index contributed by atoms with van der Waals surface area (Å²) in [6, 6.07) is 0. The molecular formula is C8H20N2O3. The maximum absolute atomic E-state index is 5.45. The van der Waals surface area contributed by atoms with Crippen molar-refractivity contribution in [3.63, 3.8) is 0 Å². The molecule has 0 aromatic rings. The van der Waals surface area contributed by atoms with Gasteiger partial charge in [0.25, 0.3) is 0 Å². The van der Waals surface area contributed by atoms with Crippen molar-refractivity contribution >= 4 is 0 Å². The molecule has 0 rings (SSSR count). The van der Waals surface area contributed by atoms with Crippen LogP contribution in [0.1, 0.15) is 26.2 Å². The van der Waals surface area contributed by atoms with Gasteiger partial charge in [-0.25, -0.2) is 4.89 Å². The van der Waals surface area contributed by atoms with Crippen LogP contribution >= 0.6 is 0 Å². The van der Waals surface area contributed by atoms with Gasteiger partial charge in [-0.3, -0.25) is 0 Å². The molecule has 0 heterocycles. The third-order valence-electron chi connectivity index (χ3n) is 1.89. The van der Waals surface area contributed by atoms with E-state index in [0.29, 0.717) is 13.1 Å². The summed E-state index contributed by atoms with van der Waals surface area (Å²) >= 11 is 0. The largest absolute Gasteiger partial charge is 0.330 e. The van der Waals surface area contributed by atoms with E-state index in [-0.39, 0.29) is 0 Å². The summed E-state index contributed by atoms with van der Waals surface area (Å²) < 4.78 is 0. The molecule has 0 saturated carbocycles. The Kier molecular flexibility index (Phi) is 7.12. The van der Waals surface area contributed by atoms with Crippen LogP contribution in [0.4, 0.5) is 0 Å². The topological polar surface area (TPSA) is 79.7 Å². The summed E-state index contributed by atoms with van der Waals surface area (Å²) in [7, 11) is 1.39. The van der Waals surface area contributed by atoms with Crippen molar-refractivity contribution in [2.75, 3.05) is 20.2 Å². The lowest BCUT2D eigenvalue weighted by Gasteiger charge is -2.26. The van der Waals surface area contributed by atoms with Gasteiger partial charge in [0.2, 0.25) is 0 Å². The number of nitrogens with two attached hydrogens (primary N) is 2. The highest BCUT2D eigenvalue weighted by Crippen LogP contribution is 2.21. The average Bonchev–Trinajstić information content (AvgIpc) is 2.12. The average molecular weight is 192 g/mol. The Morgan fingerprint density at radius 3 is 2.31 bits per heavy atom. The molecule has 0 aliphatic carbocycles. The van der Waals surface area contributed by atoms with Crippen molar-refractivity contribution < 1.29 is 14.8 Å². The summed E-state index contributed by atoms with van der Waals surface area (Å²) in [5, 5.41) is 4.45. The molecule has 5 nitrogen and oxygen atoms in total. The van der Waals surface area contributed by atoms with Crippen LogP contribution in [0.25, 0.3) is 0 Å². The predicted molar refractivity (Wildman–Crippen MR) is 49.5 cm³/mol. The fourth-order valence-corrected chi connectivity index (χ4v) is 1.11. The van der Waals surface area contributed by atoms with Gasteiger partial charge in [0, 0.05) is 0 Å². The Morgan fingerprint density at radius 2 is 1.85 bits per heavy atom. The summed E-state index contributed by atoms with van der Waals surface area (Å²) in [6.45, 7) is 3.11. The summed E-state index contributed by atoms with van der Waals surface area (Å²) in [6.07, 6.45) is 2.41. The number of hydrogen-bond acceptors (Lipinski definition) is 5. The molecule has 80 valence electrons. The first-order chi connectivity index (χ1) is 6.18. The molecule has 0 aliphatic heterocycles. The molecule has 1 atom stereocenters. The van der Waals surface area contributed by atoms with Crippen LogP contribution in [-0.2, 0) is 14.8 Å². The minimum atomic E-state index is -0.399. The van der Waals surface area contributed by atoms with E-state index < -0.39 is 5.60 Å². The minimum absolute atomic E-state index is 0.399. The first-order valence-electron chi connectivity index (χ1n) is 4.47. The highest BCUT2D eigenvalue weighted by atomic mass is 17.5. The third kappa shape index (κ3) is 5.95. The van der Waals surface area contributed by atoms with Gasteiger partial charge in [-0.05, 0) is 39.3 Å². The van der Waals surface area contributed by atoms with Gasteiger partial charge in [0.15, 0.2) is 0 Å². The third-order valence-corrected chi connectivity index (χ3v) is 1.89. The first-order valence-corrected chi connectivity index (χ1v) is 4.47. The molecule has 0 amide bonds. The van der Waals surface area contributed by atoms with Gasteiger partial charge in [0.1, 0.15) is 5.60 Å². The quantitative estimate of drug-likeness (QED) is 0.428. The smallest absolute Gasteiger partial charge is 0.105 e. The molecule has 0 aromatic heterocycles. The van der Waals surface area contributed by atoms with Crippen molar-refractivity contribution in [3.8, 4) is 0 Å². The molecular weight excluding hydrogens is 172 g/mol. The second-order valence-electron chi connectivity index (χ2n) is 3.20. The van der Waals surface area contributed by atoms with Crippen molar-refractivity contribution in [2.24, 2.45) is 11.5 Å².